The number of benzene rings is 1. The molecule has 1 fully saturated rings. The molecule has 2 amide bonds. The smallest absolute Gasteiger partial charge is 0.400 e. The number of esters is 1. The van der Waals surface area contributed by atoms with Crippen LogP contribution in [0.5, 0.6) is 0 Å². The zero-order chi connectivity index (χ0) is 25.8. The SMILES string of the molecule is CCOS(=O)(=O)O[C@@H](C)[C@@H]1C(=O)N2C(C(=O)OCc3ccccc3)=C(SC(Br)=CNC(C)=O)C[C@H]12. The van der Waals surface area contributed by atoms with Gasteiger partial charge in [0.1, 0.15) is 12.3 Å². The monoisotopic (exact) mass is 588 g/mol. The molecule has 0 saturated carbocycles. The Morgan fingerprint density at radius 2 is 2.00 bits per heavy atom. The van der Waals surface area contributed by atoms with Crippen molar-refractivity contribution in [3.8, 4) is 0 Å². The molecule has 0 bridgehead atoms. The molecule has 2 aliphatic rings. The van der Waals surface area contributed by atoms with Gasteiger partial charge >= 0.3 is 16.4 Å². The van der Waals surface area contributed by atoms with Gasteiger partial charge < -0.3 is 15.0 Å². The maximum Gasteiger partial charge on any atom is 0.400 e. The van der Waals surface area contributed by atoms with Gasteiger partial charge in [0.2, 0.25) is 11.8 Å². The summed E-state index contributed by atoms with van der Waals surface area (Å²) in [5, 5.41) is 2.53. The lowest BCUT2D eigenvalue weighted by Gasteiger charge is -2.45. The highest BCUT2D eigenvalue weighted by molar-refractivity contribution is 9.14. The number of hydrogen-bond acceptors (Lipinski definition) is 9. The molecule has 1 N–H and O–H groups in total. The first-order valence-corrected chi connectivity index (χ1v) is 13.6. The zero-order valence-electron chi connectivity index (χ0n) is 19.2. The molecule has 0 aromatic heterocycles. The van der Waals surface area contributed by atoms with E-state index in [0.717, 1.165) is 17.3 Å². The maximum absolute atomic E-state index is 13.1. The molecule has 3 rings (SSSR count). The summed E-state index contributed by atoms with van der Waals surface area (Å²) in [6, 6.07) is 8.61. The third kappa shape index (κ3) is 6.73. The molecule has 35 heavy (non-hydrogen) atoms. The quantitative estimate of drug-likeness (QED) is 0.306. The Bertz CT molecular complexity index is 1150. The summed E-state index contributed by atoms with van der Waals surface area (Å²) in [6.07, 6.45) is 0.717. The van der Waals surface area contributed by atoms with E-state index >= 15 is 0 Å². The normalized spacial score (nSPS) is 20.9. The van der Waals surface area contributed by atoms with E-state index in [4.69, 9.17) is 8.92 Å². The molecule has 190 valence electrons. The second-order valence-corrected chi connectivity index (χ2v) is 11.5. The fourth-order valence-corrected chi connectivity index (χ4v) is 6.24. The lowest BCUT2D eigenvalue weighted by molar-refractivity contribution is -0.161. The summed E-state index contributed by atoms with van der Waals surface area (Å²) in [5.74, 6) is -2.19. The minimum atomic E-state index is -4.26. The van der Waals surface area contributed by atoms with E-state index < -0.39 is 40.3 Å². The first-order chi connectivity index (χ1) is 16.5. The predicted molar refractivity (Wildman–Crippen MR) is 132 cm³/mol. The van der Waals surface area contributed by atoms with E-state index in [2.05, 4.69) is 25.4 Å². The molecular weight excluding hydrogens is 564 g/mol. The van der Waals surface area contributed by atoms with Crippen LogP contribution < -0.4 is 5.32 Å². The number of carbonyl (C=O) groups is 3. The van der Waals surface area contributed by atoms with E-state index in [1.807, 2.05) is 30.3 Å². The van der Waals surface area contributed by atoms with E-state index in [-0.39, 0.29) is 31.2 Å². The van der Waals surface area contributed by atoms with Crippen LogP contribution in [0.2, 0.25) is 0 Å². The Morgan fingerprint density at radius 3 is 2.63 bits per heavy atom. The van der Waals surface area contributed by atoms with Gasteiger partial charge in [-0.3, -0.25) is 9.59 Å². The van der Waals surface area contributed by atoms with Crippen molar-refractivity contribution >= 4 is 55.9 Å². The molecule has 2 heterocycles. The molecule has 2 aliphatic heterocycles. The van der Waals surface area contributed by atoms with Gasteiger partial charge in [-0.1, -0.05) is 42.1 Å². The van der Waals surface area contributed by atoms with Gasteiger partial charge in [0.25, 0.3) is 0 Å². The number of carbonyl (C=O) groups excluding carboxylic acids is 3. The van der Waals surface area contributed by atoms with Crippen molar-refractivity contribution in [2.75, 3.05) is 6.61 Å². The first kappa shape index (κ1) is 27.4. The lowest BCUT2D eigenvalue weighted by Crippen LogP contribution is -2.62. The molecule has 0 spiro atoms. The van der Waals surface area contributed by atoms with Crippen LogP contribution in [0.15, 0.2) is 50.9 Å². The number of rotatable bonds is 11. The van der Waals surface area contributed by atoms with Crippen LogP contribution in [-0.4, -0.2) is 49.9 Å². The van der Waals surface area contributed by atoms with Crippen LogP contribution >= 0.6 is 27.7 Å². The summed E-state index contributed by atoms with van der Waals surface area (Å²) in [5.41, 5.74) is 0.873. The van der Waals surface area contributed by atoms with Gasteiger partial charge in [0.15, 0.2) is 0 Å². The molecular formula is C22H25BrN2O8S2. The fraction of sp³-hybridized carbons (Fsp3) is 0.409. The highest BCUT2D eigenvalue weighted by Gasteiger charge is 2.58. The number of halogens is 1. The topological polar surface area (TPSA) is 128 Å². The number of ether oxygens (including phenoxy) is 1. The van der Waals surface area contributed by atoms with Crippen molar-refractivity contribution in [3.63, 3.8) is 0 Å². The average molecular weight is 589 g/mol. The van der Waals surface area contributed by atoms with E-state index in [0.29, 0.717) is 8.72 Å². The average Bonchev–Trinajstić information content (AvgIpc) is 3.10. The van der Waals surface area contributed by atoms with Gasteiger partial charge in [0, 0.05) is 24.4 Å². The van der Waals surface area contributed by atoms with Crippen LogP contribution in [0.4, 0.5) is 0 Å². The summed E-state index contributed by atoms with van der Waals surface area (Å²) < 4.78 is 39.4. The third-order valence-corrected chi connectivity index (χ3v) is 7.92. The summed E-state index contributed by atoms with van der Waals surface area (Å²) in [4.78, 5) is 39.2. The molecule has 13 heteroatoms. The summed E-state index contributed by atoms with van der Waals surface area (Å²) in [7, 11) is -4.26. The molecule has 0 unspecified atom stereocenters. The molecule has 0 aliphatic carbocycles. The van der Waals surface area contributed by atoms with Crippen LogP contribution in [0.25, 0.3) is 0 Å². The van der Waals surface area contributed by atoms with E-state index in [9.17, 15) is 22.8 Å². The Kier molecular flexibility index (Phi) is 9.16. The van der Waals surface area contributed by atoms with Gasteiger partial charge in [-0.25, -0.2) is 13.2 Å². The third-order valence-electron chi connectivity index (χ3n) is 5.22. The number of nitrogens with one attached hydrogen (secondary N) is 1. The minimum Gasteiger partial charge on any atom is -0.456 e. The lowest BCUT2D eigenvalue weighted by atomic mass is 9.83. The van der Waals surface area contributed by atoms with Crippen molar-refractivity contribution in [2.45, 2.75) is 45.9 Å². The Morgan fingerprint density at radius 1 is 1.31 bits per heavy atom. The van der Waals surface area contributed by atoms with Crippen LogP contribution in [0.1, 0.15) is 32.8 Å². The fourth-order valence-electron chi connectivity index (χ4n) is 3.81. The second-order valence-electron chi connectivity index (χ2n) is 7.71. The van der Waals surface area contributed by atoms with Crippen LogP contribution in [0.3, 0.4) is 0 Å². The number of thioether (sulfide) groups is 1. The number of hydrogen-bond donors (Lipinski definition) is 1. The van der Waals surface area contributed by atoms with E-state index in [1.165, 1.54) is 31.9 Å². The Labute approximate surface area is 216 Å². The van der Waals surface area contributed by atoms with Crippen molar-refractivity contribution in [1.82, 2.24) is 10.2 Å². The zero-order valence-corrected chi connectivity index (χ0v) is 22.4. The molecule has 3 atom stereocenters. The van der Waals surface area contributed by atoms with Crippen molar-refractivity contribution in [1.29, 1.82) is 0 Å². The number of amides is 2. The van der Waals surface area contributed by atoms with Crippen LogP contribution in [0, 0.1) is 5.92 Å². The van der Waals surface area contributed by atoms with E-state index in [1.54, 1.807) is 0 Å². The van der Waals surface area contributed by atoms with Gasteiger partial charge in [-0.05, 0) is 35.3 Å². The largest absolute Gasteiger partial charge is 0.456 e. The number of fused-ring (bicyclic) bond motifs is 1. The highest BCUT2D eigenvalue weighted by Crippen LogP contribution is 2.50. The Hall–Kier alpha value is -2.19. The van der Waals surface area contributed by atoms with Crippen LogP contribution in [-0.2, 0) is 44.5 Å². The predicted octanol–water partition coefficient (Wildman–Crippen LogP) is 2.92. The van der Waals surface area contributed by atoms with Gasteiger partial charge in [0.05, 0.1) is 28.5 Å². The van der Waals surface area contributed by atoms with Gasteiger partial charge in [-0.15, -0.1) is 0 Å². The molecule has 1 aromatic rings. The second kappa shape index (κ2) is 11.7. The summed E-state index contributed by atoms with van der Waals surface area (Å²) >= 11 is 4.50. The first-order valence-electron chi connectivity index (χ1n) is 10.7. The van der Waals surface area contributed by atoms with Crippen molar-refractivity contribution in [3.05, 3.63) is 56.5 Å². The van der Waals surface area contributed by atoms with Crippen molar-refractivity contribution < 1.29 is 35.9 Å². The Balaban J connectivity index is 1.81. The number of β-lactam (4-membered cyclic amide) rings is 1. The standard InChI is InChI=1S/C22H25BrN2O8S2/c1-4-32-35(29,30)33-13(2)19-16-10-17(34-18(23)11-24-14(3)26)20(25(16)21(19)27)22(28)31-12-15-8-6-5-7-9-15/h5-9,11,13,16,19H,4,10,12H2,1-3H3,(H,24,26)/t13-,16+,19-/m0/s1. The van der Waals surface area contributed by atoms with Gasteiger partial charge in [-0.2, -0.15) is 8.42 Å². The minimum absolute atomic E-state index is 0.0201. The molecule has 0 radical (unpaired) electrons. The highest BCUT2D eigenvalue weighted by atomic mass is 79.9. The maximum atomic E-state index is 13.1. The molecule has 10 nitrogen and oxygen atoms in total. The van der Waals surface area contributed by atoms with Crippen molar-refractivity contribution in [2.24, 2.45) is 5.92 Å². The summed E-state index contributed by atoms with van der Waals surface area (Å²) in [6.45, 7) is 4.26. The molecule has 1 saturated heterocycles. The number of nitrogens with zero attached hydrogens (tertiary/aromatic N) is 1. The molecule has 1 aromatic carbocycles.